The number of anilines is 2. The van der Waals surface area contributed by atoms with Crippen LogP contribution in [0.4, 0.5) is 11.6 Å². The van der Waals surface area contributed by atoms with E-state index < -0.39 is 0 Å². The fraction of sp³-hybridized carbons (Fsp3) is 0.769. The van der Waals surface area contributed by atoms with Crippen molar-refractivity contribution < 1.29 is 19.2 Å². The summed E-state index contributed by atoms with van der Waals surface area (Å²) in [5, 5.41) is 3.24. The number of carbonyl (C=O) groups is 4. The Morgan fingerprint density at radius 2 is 0.921 bits per heavy atom. The zero-order valence-electron chi connectivity index (χ0n) is 57.4. The van der Waals surface area contributed by atoms with E-state index in [-0.39, 0.29) is 59.4 Å². The second-order valence-corrected chi connectivity index (χ2v) is 35.0. The summed E-state index contributed by atoms with van der Waals surface area (Å²) in [7, 11) is 0. The van der Waals surface area contributed by atoms with Crippen molar-refractivity contribution in [2.75, 3.05) is 62.2 Å². The molecule has 89 heavy (non-hydrogen) atoms. The van der Waals surface area contributed by atoms with Gasteiger partial charge in [0.1, 0.15) is 23.2 Å². The van der Waals surface area contributed by atoms with Gasteiger partial charge in [-0.25, -0.2) is 9.97 Å². The van der Waals surface area contributed by atoms with Crippen LogP contribution in [-0.4, -0.2) is 89.9 Å². The number of nitrogens with zero attached hydrogens (tertiary/aromatic N) is 5. The molecule has 10 nitrogen and oxygen atoms in total. The molecule has 2 aromatic rings. The fourth-order valence-electron chi connectivity index (χ4n) is 26.0. The smallest absolute Gasteiger partial charge is 0.229 e. The molecule has 12 fully saturated rings. The largest absolute Gasteiger partial charge is 0.354 e. The molecule has 488 valence electrons. The summed E-state index contributed by atoms with van der Waals surface area (Å²) in [6.07, 6.45) is 25.4. The molecule has 0 bridgehead atoms. The zero-order valence-corrected chi connectivity index (χ0v) is 58.1. The number of hydrogen-bond acceptors (Lipinski definition) is 9. The molecule has 0 radical (unpaired) electrons. The van der Waals surface area contributed by atoms with Crippen LogP contribution in [-0.2, 0) is 19.2 Å². The van der Waals surface area contributed by atoms with E-state index >= 15 is 0 Å². The lowest BCUT2D eigenvalue weighted by atomic mass is 9.32. The Kier molecular flexibility index (Phi) is 17.0. The summed E-state index contributed by atoms with van der Waals surface area (Å²) in [6.45, 7) is 45.5. The number of fused-ring (bicyclic) bond motifs is 14. The maximum Gasteiger partial charge on any atom is 0.229 e. The van der Waals surface area contributed by atoms with Crippen molar-refractivity contribution in [2.24, 2.45) is 113 Å². The van der Waals surface area contributed by atoms with Gasteiger partial charge in [-0.05, 0) is 257 Å². The Balaban J connectivity index is 0.000000149. The van der Waals surface area contributed by atoms with E-state index in [1.54, 1.807) is 0 Å². The van der Waals surface area contributed by atoms with Crippen molar-refractivity contribution in [2.45, 2.75) is 212 Å². The number of halogens is 1. The van der Waals surface area contributed by atoms with Crippen molar-refractivity contribution in [3.63, 3.8) is 0 Å². The number of rotatable bonds is 6. The predicted octanol–water partition coefficient (Wildman–Crippen LogP) is 16.4. The second kappa shape index (κ2) is 23.2. The lowest BCUT2D eigenvalue weighted by Gasteiger charge is -2.72. The number of allylic oxidation sites excluding steroid dienone is 2. The molecule has 12 aliphatic rings. The first-order valence-electron chi connectivity index (χ1n) is 35.9. The van der Waals surface area contributed by atoms with Crippen LogP contribution >= 0.6 is 11.6 Å². The number of hydrogen-bond donors (Lipinski definition) is 1. The van der Waals surface area contributed by atoms with Gasteiger partial charge >= 0.3 is 0 Å². The quantitative estimate of drug-likeness (QED) is 0.223. The summed E-state index contributed by atoms with van der Waals surface area (Å²) < 4.78 is 0. The van der Waals surface area contributed by atoms with Gasteiger partial charge in [0.2, 0.25) is 11.1 Å². The molecule has 10 aliphatic carbocycles. The summed E-state index contributed by atoms with van der Waals surface area (Å²) in [5.74, 6) is 8.52. The Labute approximate surface area is 542 Å². The Bertz CT molecular complexity index is 3040. The van der Waals surface area contributed by atoms with Crippen LogP contribution in [0.5, 0.6) is 0 Å². The molecule has 2 saturated heterocycles. The van der Waals surface area contributed by atoms with Gasteiger partial charge in [-0.3, -0.25) is 19.2 Å². The third-order valence-electron chi connectivity index (χ3n) is 31.1. The summed E-state index contributed by atoms with van der Waals surface area (Å²) in [6, 6.07) is 12.1. The number of piperazine rings is 2. The van der Waals surface area contributed by atoms with Crippen LogP contribution in [0.25, 0.3) is 0 Å². The third-order valence-corrected chi connectivity index (χ3v) is 31.5. The van der Waals surface area contributed by atoms with Gasteiger partial charge in [0, 0.05) is 93.8 Å². The van der Waals surface area contributed by atoms with E-state index in [9.17, 15) is 19.2 Å². The van der Waals surface area contributed by atoms with Gasteiger partial charge in [0.05, 0.1) is 5.41 Å². The second-order valence-electron chi connectivity index (χ2n) is 34.6. The molecular formula is C78H115ClN6O4. The SMILES string of the molecule is C=C(C)[C@@H]1CC[C@]2(C(=O)Cl)CC[C@]3(C)C(CC[C@@H]4[C@@]5(C)CCC(=O)C(C)(C)C5CC[C@]43C)[C@@H]12.C=C(C)[C@@H]1CC[C@]2(C(=O)N3CCN(c4ccccn4)CC3)CC[C@]3(C)C(CC[C@@H]4[C@@]5(C)CCC(=O)C(C)(C)C5CC[C@]43C)[C@@H]12.c1ccc(N2CCNCC2)nc1. The zero-order chi connectivity index (χ0) is 63.7. The molecular weight excluding hydrogens is 1120 g/mol. The van der Waals surface area contributed by atoms with Crippen molar-refractivity contribution in [1.29, 1.82) is 0 Å². The minimum atomic E-state index is -0.334. The maximum absolute atomic E-state index is 14.9. The normalized spacial score (nSPS) is 44.1. The minimum absolute atomic E-state index is 0.0752. The van der Waals surface area contributed by atoms with Crippen LogP contribution < -0.4 is 15.1 Å². The van der Waals surface area contributed by atoms with Gasteiger partial charge < -0.3 is 20.0 Å². The first kappa shape index (κ1) is 65.2. The molecule has 0 spiro atoms. The Hall–Kier alpha value is -3.89. The first-order valence-corrected chi connectivity index (χ1v) is 36.3. The third kappa shape index (κ3) is 9.84. The highest BCUT2D eigenvalue weighted by molar-refractivity contribution is 6.64. The first-order chi connectivity index (χ1) is 42.0. The molecule has 18 atom stereocenters. The summed E-state index contributed by atoms with van der Waals surface area (Å²) in [4.78, 5) is 69.6. The molecule has 2 aromatic heterocycles. The van der Waals surface area contributed by atoms with Gasteiger partial charge in [-0.1, -0.05) is 106 Å². The van der Waals surface area contributed by atoms with Crippen LogP contribution in [0, 0.1) is 113 Å². The predicted molar refractivity (Wildman–Crippen MR) is 361 cm³/mol. The minimum Gasteiger partial charge on any atom is -0.354 e. The highest BCUT2D eigenvalue weighted by Crippen LogP contribution is 2.80. The van der Waals surface area contributed by atoms with Crippen molar-refractivity contribution in [1.82, 2.24) is 20.2 Å². The highest BCUT2D eigenvalue weighted by Gasteiger charge is 2.74. The molecule has 4 unspecified atom stereocenters. The van der Waals surface area contributed by atoms with Gasteiger partial charge in [0.25, 0.3) is 0 Å². The Morgan fingerprint density at radius 1 is 0.494 bits per heavy atom. The number of aromatic nitrogens is 2. The molecule has 4 heterocycles. The number of Topliss-reactive ketones (excluding diaryl/α,β-unsaturated/α-hetero) is 2. The van der Waals surface area contributed by atoms with E-state index in [0.717, 1.165) is 141 Å². The molecule has 10 saturated carbocycles. The molecule has 1 N–H and O–H groups in total. The summed E-state index contributed by atoms with van der Waals surface area (Å²) >= 11 is 6.42. The van der Waals surface area contributed by atoms with E-state index in [1.807, 2.05) is 30.6 Å². The number of pyridine rings is 2. The van der Waals surface area contributed by atoms with Crippen molar-refractivity contribution >= 4 is 46.0 Å². The van der Waals surface area contributed by atoms with Crippen LogP contribution in [0.3, 0.4) is 0 Å². The standard InChI is InChI=1S/C39H57N3O2.C30H45ClO2.C9H13N3/c1-26(2)27-13-18-39(34(44)42-24-22-41(23-25-42)32-10-8-9-21-40-32)20-19-37(6)28(33(27)39)11-12-30-36(5)16-15-31(43)35(3,4)29(36)14-17-38(30,37)7;1-18(2)19-10-15-30(25(31)33)17-16-28(6)20(24(19)30)8-9-22-27(5)13-12-23(32)26(3,4)21(27)11-14-29(22,28)7;1-2-4-11-9(3-1)12-7-5-10-6-8-12/h8-10,21,27-30,33H,1,11-20,22-25H2,2-7H3;19-22,24H,1,8-17H2,2-7H3;1-4,10H,5-8H2/t27-,28?,29?,30+,33+,36-,37+,38+,39-;19-,20?,21?,22+,24+,27-,28+,29+,30-;/m00./s1. The van der Waals surface area contributed by atoms with Crippen LogP contribution in [0.15, 0.2) is 73.1 Å². The topological polar surface area (TPSA) is 116 Å². The fourth-order valence-corrected chi connectivity index (χ4v) is 26.3. The average Bonchev–Trinajstić information content (AvgIpc) is 1.69. The van der Waals surface area contributed by atoms with E-state index in [1.165, 1.54) is 62.5 Å². The van der Waals surface area contributed by atoms with E-state index in [4.69, 9.17) is 11.6 Å². The molecule has 0 aromatic carbocycles. The number of carbonyl (C=O) groups excluding carboxylic acids is 4. The van der Waals surface area contributed by atoms with Gasteiger partial charge in [0.15, 0.2) is 0 Å². The molecule has 11 heteroatoms. The van der Waals surface area contributed by atoms with E-state index in [0.29, 0.717) is 76.7 Å². The number of ketones is 2. The Morgan fingerprint density at radius 3 is 1.35 bits per heavy atom. The number of nitrogens with one attached hydrogen (secondary N) is 1. The lowest BCUT2D eigenvalue weighted by Crippen LogP contribution is -2.67. The maximum atomic E-state index is 14.9. The molecule has 14 rings (SSSR count). The average molecular weight is 1240 g/mol. The van der Waals surface area contributed by atoms with Crippen molar-refractivity contribution in [3.8, 4) is 0 Å². The summed E-state index contributed by atoms with van der Waals surface area (Å²) in [5.41, 5.74) is 2.93. The van der Waals surface area contributed by atoms with Crippen LogP contribution in [0.2, 0.25) is 0 Å². The monoisotopic (exact) mass is 1230 g/mol. The number of amides is 1. The van der Waals surface area contributed by atoms with Crippen LogP contribution in [0.1, 0.15) is 212 Å². The van der Waals surface area contributed by atoms with Gasteiger partial charge in [-0.15, -0.1) is 0 Å². The highest BCUT2D eigenvalue weighted by atomic mass is 35.5. The van der Waals surface area contributed by atoms with Gasteiger partial charge in [-0.2, -0.15) is 0 Å². The van der Waals surface area contributed by atoms with E-state index in [2.05, 4.69) is 144 Å². The lowest BCUT2D eigenvalue weighted by molar-refractivity contribution is -0.234. The van der Waals surface area contributed by atoms with Crippen molar-refractivity contribution in [3.05, 3.63) is 73.1 Å². The molecule has 2 aliphatic heterocycles. The molecule has 1 amide bonds.